The molecule has 2 aliphatic rings. The van der Waals surface area contributed by atoms with Crippen LogP contribution in [-0.4, -0.2) is 18.0 Å². The normalized spacial score (nSPS) is 31.9. The number of benzene rings is 1. The van der Waals surface area contributed by atoms with Crippen LogP contribution in [-0.2, 0) is 4.79 Å². The number of carbonyl (C=O) groups excluding carboxylic acids is 1. The van der Waals surface area contributed by atoms with Crippen molar-refractivity contribution in [2.45, 2.75) is 57.2 Å². The van der Waals surface area contributed by atoms with E-state index in [2.05, 4.69) is 51.2 Å². The van der Waals surface area contributed by atoms with Crippen molar-refractivity contribution in [3.8, 4) is 0 Å². The zero-order valence-electron chi connectivity index (χ0n) is 12.9. The van der Waals surface area contributed by atoms with Gasteiger partial charge < -0.3 is 5.32 Å². The van der Waals surface area contributed by atoms with Crippen molar-refractivity contribution in [3.63, 3.8) is 0 Å². The third kappa shape index (κ3) is 3.89. The van der Waals surface area contributed by atoms with Crippen LogP contribution in [0.25, 0.3) is 0 Å². The van der Waals surface area contributed by atoms with Gasteiger partial charge in [-0.15, -0.1) is 0 Å². The number of nitrogens with one attached hydrogen (secondary N) is 3. The van der Waals surface area contributed by atoms with Crippen molar-refractivity contribution in [1.82, 2.24) is 16.2 Å². The number of hydrogen-bond acceptors (Lipinski definition) is 3. The quantitative estimate of drug-likeness (QED) is 0.771. The molecule has 120 valence electrons. The van der Waals surface area contributed by atoms with Crippen LogP contribution in [0.1, 0.15) is 50.6 Å². The first kappa shape index (κ1) is 16.0. The van der Waals surface area contributed by atoms with Crippen molar-refractivity contribution in [1.29, 1.82) is 0 Å². The smallest absolute Gasteiger partial charge is 0.238 e. The van der Waals surface area contributed by atoms with E-state index in [1.54, 1.807) is 0 Å². The lowest BCUT2D eigenvalue weighted by atomic mass is 9.87. The summed E-state index contributed by atoms with van der Waals surface area (Å²) in [5, 5.41) is 3.21. The minimum Gasteiger partial charge on any atom is -0.352 e. The Morgan fingerprint density at radius 2 is 1.82 bits per heavy atom. The van der Waals surface area contributed by atoms with Crippen LogP contribution < -0.4 is 16.2 Å². The zero-order chi connectivity index (χ0) is 15.5. The fourth-order valence-corrected chi connectivity index (χ4v) is 3.61. The van der Waals surface area contributed by atoms with E-state index in [1.807, 2.05) is 12.1 Å². The number of halogens is 1. The molecule has 1 saturated carbocycles. The lowest BCUT2D eigenvalue weighted by Crippen LogP contribution is -2.47. The Kier molecular flexibility index (Phi) is 5.16. The summed E-state index contributed by atoms with van der Waals surface area (Å²) in [4.78, 5) is 12.4. The van der Waals surface area contributed by atoms with Crippen LogP contribution in [0.15, 0.2) is 28.7 Å². The monoisotopic (exact) mass is 365 g/mol. The van der Waals surface area contributed by atoms with Crippen molar-refractivity contribution in [2.24, 2.45) is 5.92 Å². The van der Waals surface area contributed by atoms with Gasteiger partial charge in [-0.2, -0.15) is 0 Å². The van der Waals surface area contributed by atoms with Crippen LogP contribution in [0.4, 0.5) is 0 Å². The Hall–Kier alpha value is -0.910. The molecule has 0 aromatic heterocycles. The van der Waals surface area contributed by atoms with Crippen molar-refractivity contribution >= 4 is 21.8 Å². The summed E-state index contributed by atoms with van der Waals surface area (Å²) in [6.07, 6.45) is 5.47. The topological polar surface area (TPSA) is 53.2 Å². The number of carbonyl (C=O) groups is 1. The fourth-order valence-electron chi connectivity index (χ4n) is 3.35. The van der Waals surface area contributed by atoms with Crippen LogP contribution >= 0.6 is 15.9 Å². The lowest BCUT2D eigenvalue weighted by molar-refractivity contribution is -0.123. The molecular weight excluding hydrogens is 342 g/mol. The Labute approximate surface area is 140 Å². The van der Waals surface area contributed by atoms with Gasteiger partial charge >= 0.3 is 0 Å². The summed E-state index contributed by atoms with van der Waals surface area (Å²) < 4.78 is 1.07. The van der Waals surface area contributed by atoms with E-state index in [9.17, 15) is 4.79 Å². The first-order valence-corrected chi connectivity index (χ1v) is 8.98. The van der Waals surface area contributed by atoms with Crippen LogP contribution in [0.3, 0.4) is 0 Å². The van der Waals surface area contributed by atoms with Crippen molar-refractivity contribution in [2.75, 3.05) is 0 Å². The molecule has 1 aliphatic carbocycles. The number of hydrogen-bond donors (Lipinski definition) is 3. The van der Waals surface area contributed by atoms with E-state index in [-0.39, 0.29) is 18.0 Å². The molecule has 2 atom stereocenters. The van der Waals surface area contributed by atoms with E-state index in [1.165, 1.54) is 18.4 Å². The molecule has 1 heterocycles. The predicted octanol–water partition coefficient (Wildman–Crippen LogP) is 3.05. The average Bonchev–Trinajstić information content (AvgIpc) is 3.00. The molecule has 0 spiro atoms. The largest absolute Gasteiger partial charge is 0.352 e. The van der Waals surface area contributed by atoms with Crippen LogP contribution in [0.2, 0.25) is 0 Å². The standard InChI is InChI=1S/C17H24BrN3O/c1-11-2-8-14(9-3-11)19-17(22)16-10-15(20-21-16)12-4-6-13(18)7-5-12/h4-7,11,14-16,20-21H,2-3,8-10H2,1H3,(H,19,22). The summed E-state index contributed by atoms with van der Waals surface area (Å²) in [5.74, 6) is 0.938. The van der Waals surface area contributed by atoms with Gasteiger partial charge in [0.25, 0.3) is 0 Å². The Bertz CT molecular complexity index is 511. The molecule has 5 heteroatoms. The van der Waals surface area contributed by atoms with Gasteiger partial charge in [-0.3, -0.25) is 4.79 Å². The molecular formula is C17H24BrN3O. The van der Waals surface area contributed by atoms with Gasteiger partial charge in [-0.1, -0.05) is 35.0 Å². The van der Waals surface area contributed by atoms with E-state index in [4.69, 9.17) is 0 Å². The van der Waals surface area contributed by atoms with Gasteiger partial charge in [-0.05, 0) is 55.7 Å². The molecule has 4 nitrogen and oxygen atoms in total. The molecule has 22 heavy (non-hydrogen) atoms. The van der Waals surface area contributed by atoms with Gasteiger partial charge in [0.05, 0.1) is 0 Å². The highest BCUT2D eigenvalue weighted by Gasteiger charge is 2.31. The third-order valence-electron chi connectivity index (χ3n) is 4.85. The van der Waals surface area contributed by atoms with Crippen molar-refractivity contribution < 1.29 is 4.79 Å². The van der Waals surface area contributed by atoms with Gasteiger partial charge in [0.1, 0.15) is 6.04 Å². The van der Waals surface area contributed by atoms with Gasteiger partial charge in [0.15, 0.2) is 0 Å². The van der Waals surface area contributed by atoms with E-state index in [0.29, 0.717) is 6.04 Å². The first-order chi connectivity index (χ1) is 10.6. The second-order valence-corrected chi connectivity index (χ2v) is 7.56. The molecule has 1 aliphatic heterocycles. The van der Waals surface area contributed by atoms with E-state index in [0.717, 1.165) is 29.7 Å². The highest BCUT2D eigenvalue weighted by atomic mass is 79.9. The first-order valence-electron chi connectivity index (χ1n) is 8.18. The minimum absolute atomic E-state index is 0.131. The number of amides is 1. The second-order valence-electron chi connectivity index (χ2n) is 6.65. The van der Waals surface area contributed by atoms with E-state index >= 15 is 0 Å². The van der Waals surface area contributed by atoms with Gasteiger partial charge in [0.2, 0.25) is 5.91 Å². The number of hydrazine groups is 1. The SMILES string of the molecule is CC1CCC(NC(=O)C2CC(c3ccc(Br)cc3)NN2)CC1. The third-order valence-corrected chi connectivity index (χ3v) is 5.38. The second kappa shape index (κ2) is 7.11. The van der Waals surface area contributed by atoms with Crippen LogP contribution in [0.5, 0.6) is 0 Å². The molecule has 0 radical (unpaired) electrons. The molecule has 3 rings (SSSR count). The Morgan fingerprint density at radius 3 is 2.50 bits per heavy atom. The maximum absolute atomic E-state index is 12.4. The van der Waals surface area contributed by atoms with E-state index < -0.39 is 0 Å². The molecule has 1 aromatic rings. The van der Waals surface area contributed by atoms with Crippen molar-refractivity contribution in [3.05, 3.63) is 34.3 Å². The minimum atomic E-state index is -0.145. The molecule has 3 N–H and O–H groups in total. The fraction of sp³-hybridized carbons (Fsp3) is 0.588. The Morgan fingerprint density at radius 1 is 1.14 bits per heavy atom. The van der Waals surface area contributed by atoms with Crippen LogP contribution in [0, 0.1) is 5.92 Å². The average molecular weight is 366 g/mol. The summed E-state index contributed by atoms with van der Waals surface area (Å²) >= 11 is 3.45. The summed E-state index contributed by atoms with van der Waals surface area (Å²) in [5.41, 5.74) is 7.59. The Balaban J connectivity index is 1.51. The molecule has 1 amide bonds. The summed E-state index contributed by atoms with van der Waals surface area (Å²) in [6, 6.07) is 8.65. The highest BCUT2D eigenvalue weighted by molar-refractivity contribution is 9.10. The highest BCUT2D eigenvalue weighted by Crippen LogP contribution is 2.26. The maximum Gasteiger partial charge on any atom is 0.238 e. The molecule has 2 fully saturated rings. The molecule has 1 saturated heterocycles. The predicted molar refractivity (Wildman–Crippen MR) is 91.1 cm³/mol. The molecule has 0 bridgehead atoms. The van der Waals surface area contributed by atoms with Gasteiger partial charge in [0, 0.05) is 16.6 Å². The maximum atomic E-state index is 12.4. The lowest BCUT2D eigenvalue weighted by Gasteiger charge is -2.27. The summed E-state index contributed by atoms with van der Waals surface area (Å²) in [7, 11) is 0. The number of rotatable bonds is 3. The molecule has 2 unspecified atom stereocenters. The molecule has 1 aromatic carbocycles. The summed E-state index contributed by atoms with van der Waals surface area (Å²) in [6.45, 7) is 2.29. The van der Waals surface area contributed by atoms with Gasteiger partial charge in [-0.25, -0.2) is 10.9 Å². The zero-order valence-corrected chi connectivity index (χ0v) is 14.5.